The summed E-state index contributed by atoms with van der Waals surface area (Å²) in [7, 11) is 1.57. The minimum absolute atomic E-state index is 0.182. The fraction of sp³-hybridized carbons (Fsp3) is 0.500. The Bertz CT molecular complexity index is 559. The van der Waals surface area contributed by atoms with Crippen molar-refractivity contribution in [3.8, 4) is 11.5 Å². The Morgan fingerprint density at radius 3 is 2.82 bits per heavy atom. The highest BCUT2D eigenvalue weighted by atomic mass is 32.1. The molecule has 5 unspecified atom stereocenters. The minimum atomic E-state index is -0.509. The summed E-state index contributed by atoms with van der Waals surface area (Å²) in [4.78, 5) is 0. The van der Waals surface area contributed by atoms with Crippen molar-refractivity contribution in [2.45, 2.75) is 29.8 Å². The number of hydrogen-bond acceptors (Lipinski definition) is 6. The summed E-state index contributed by atoms with van der Waals surface area (Å²) in [5, 5.41) is 2.93. The molecule has 0 radical (unpaired) electrons. The van der Waals surface area contributed by atoms with Crippen LogP contribution in [-0.2, 0) is 9.47 Å². The smallest absolute Gasteiger partial charge is 0.171 e. The third-order valence-corrected chi connectivity index (χ3v) is 4.42. The topological polar surface area (TPSA) is 75.0 Å². The van der Waals surface area contributed by atoms with Crippen LogP contribution in [0.3, 0.4) is 0 Å². The number of fused-ring (bicyclic) bond motifs is 2. The summed E-state index contributed by atoms with van der Waals surface area (Å²) in [6, 6.07) is 7.22. The van der Waals surface area contributed by atoms with Crippen LogP contribution in [0.2, 0.25) is 0 Å². The van der Waals surface area contributed by atoms with Gasteiger partial charge in [-0.2, -0.15) is 12.6 Å². The van der Waals surface area contributed by atoms with Crippen LogP contribution in [0.4, 0.5) is 0 Å². The van der Waals surface area contributed by atoms with Crippen molar-refractivity contribution in [1.82, 2.24) is 5.32 Å². The molecular formula is C14H18N2O4S2. The first-order valence-electron chi connectivity index (χ1n) is 6.91. The maximum atomic E-state index is 6.11. The predicted molar refractivity (Wildman–Crippen MR) is 88.5 cm³/mol. The lowest BCUT2D eigenvalue weighted by Gasteiger charge is -2.43. The van der Waals surface area contributed by atoms with Crippen LogP contribution >= 0.6 is 24.8 Å². The van der Waals surface area contributed by atoms with Crippen LogP contribution in [0.1, 0.15) is 0 Å². The van der Waals surface area contributed by atoms with E-state index in [0.29, 0.717) is 18.1 Å². The van der Waals surface area contributed by atoms with Gasteiger partial charge in [-0.15, -0.1) is 0 Å². The van der Waals surface area contributed by atoms with Crippen molar-refractivity contribution in [3.63, 3.8) is 0 Å². The zero-order chi connectivity index (χ0) is 15.7. The normalized spacial score (nSPS) is 33.5. The van der Waals surface area contributed by atoms with Gasteiger partial charge in [-0.05, 0) is 24.4 Å². The summed E-state index contributed by atoms with van der Waals surface area (Å²) in [5.41, 5.74) is 5.65. The van der Waals surface area contributed by atoms with Gasteiger partial charge in [0.25, 0.3) is 0 Å². The fourth-order valence-electron chi connectivity index (χ4n) is 2.72. The van der Waals surface area contributed by atoms with E-state index in [4.69, 9.17) is 36.9 Å². The summed E-state index contributed by atoms with van der Waals surface area (Å²) >= 11 is 9.55. The third kappa shape index (κ3) is 2.96. The number of benzene rings is 1. The van der Waals surface area contributed by atoms with E-state index < -0.39 is 6.29 Å². The second kappa shape index (κ2) is 6.49. The molecule has 1 saturated heterocycles. The zero-order valence-electron chi connectivity index (χ0n) is 12.0. The number of hydrogen-bond donors (Lipinski definition) is 3. The summed E-state index contributed by atoms with van der Waals surface area (Å²) in [6.07, 6.45) is -1.18. The molecule has 22 heavy (non-hydrogen) atoms. The zero-order valence-corrected chi connectivity index (χ0v) is 13.7. The van der Waals surface area contributed by atoms with Gasteiger partial charge in [0.15, 0.2) is 22.9 Å². The van der Waals surface area contributed by atoms with Crippen molar-refractivity contribution in [2.24, 2.45) is 5.73 Å². The van der Waals surface area contributed by atoms with Gasteiger partial charge in [0.05, 0.1) is 11.3 Å². The second-order valence-electron chi connectivity index (χ2n) is 5.14. The number of rotatable bonds is 2. The van der Waals surface area contributed by atoms with E-state index in [2.05, 4.69) is 17.9 Å². The van der Waals surface area contributed by atoms with Crippen LogP contribution in [0.15, 0.2) is 24.3 Å². The van der Waals surface area contributed by atoms with Crippen molar-refractivity contribution < 1.29 is 18.9 Å². The van der Waals surface area contributed by atoms with Gasteiger partial charge < -0.3 is 30.0 Å². The molecule has 0 aromatic heterocycles. The maximum Gasteiger partial charge on any atom is 0.171 e. The number of nitrogens with two attached hydrogens (primary N) is 1. The molecular weight excluding hydrogens is 324 g/mol. The molecule has 5 atom stereocenters. The number of ether oxygens (including phenoxy) is 4. The Balaban J connectivity index is 1.91. The number of methoxy groups -OCH3 is 1. The standard InChI is InChI=1S/C14H18N2O4S2/c1-17-13-12(21)10(16-14(15)22)11-9(20-13)6-18-7-4-2-3-5-8(7)19-11/h2-5,9-13,21H,6H2,1H3,(H3,15,16,22). The molecule has 0 spiro atoms. The highest BCUT2D eigenvalue weighted by molar-refractivity contribution is 7.81. The number of nitrogens with one attached hydrogen (secondary N) is 1. The lowest BCUT2D eigenvalue weighted by Crippen LogP contribution is -2.65. The number of thiocarbonyl (C=S) groups is 1. The fourth-order valence-corrected chi connectivity index (χ4v) is 3.29. The van der Waals surface area contributed by atoms with Gasteiger partial charge in [-0.1, -0.05) is 12.1 Å². The molecule has 3 rings (SSSR count). The molecule has 2 aliphatic heterocycles. The highest BCUT2D eigenvalue weighted by Crippen LogP contribution is 2.36. The Kier molecular flexibility index (Phi) is 4.62. The van der Waals surface area contributed by atoms with E-state index in [0.717, 1.165) is 0 Å². The average Bonchev–Trinajstić information content (AvgIpc) is 2.69. The van der Waals surface area contributed by atoms with Crippen LogP contribution in [0, 0.1) is 0 Å². The number of para-hydroxylation sites is 2. The van der Waals surface area contributed by atoms with Gasteiger partial charge in [0.1, 0.15) is 18.8 Å². The first-order chi connectivity index (χ1) is 10.6. The maximum absolute atomic E-state index is 6.11. The molecule has 0 amide bonds. The summed E-state index contributed by atoms with van der Waals surface area (Å²) in [6.45, 7) is 0.345. The molecule has 120 valence electrons. The van der Waals surface area contributed by atoms with Crippen LogP contribution in [0.5, 0.6) is 11.5 Å². The monoisotopic (exact) mass is 342 g/mol. The van der Waals surface area contributed by atoms with Crippen LogP contribution in [-0.4, -0.2) is 48.6 Å². The lowest BCUT2D eigenvalue weighted by molar-refractivity contribution is -0.212. The quantitative estimate of drug-likeness (QED) is 0.539. The van der Waals surface area contributed by atoms with Gasteiger partial charge in [-0.25, -0.2) is 0 Å². The predicted octanol–water partition coefficient (Wildman–Crippen LogP) is 0.698. The van der Waals surface area contributed by atoms with E-state index in [-0.39, 0.29) is 28.6 Å². The van der Waals surface area contributed by atoms with Crippen molar-refractivity contribution in [1.29, 1.82) is 0 Å². The molecule has 2 aliphatic rings. The first kappa shape index (κ1) is 15.7. The van der Waals surface area contributed by atoms with E-state index in [1.807, 2.05) is 24.3 Å². The molecule has 1 aromatic carbocycles. The van der Waals surface area contributed by atoms with Gasteiger partial charge in [0.2, 0.25) is 0 Å². The van der Waals surface area contributed by atoms with Crippen molar-refractivity contribution >= 4 is 30.0 Å². The summed E-state index contributed by atoms with van der Waals surface area (Å²) in [5.74, 6) is 1.34. The molecule has 2 heterocycles. The van der Waals surface area contributed by atoms with Gasteiger partial charge in [-0.3, -0.25) is 0 Å². The minimum Gasteiger partial charge on any atom is -0.487 e. The Morgan fingerprint density at radius 2 is 2.14 bits per heavy atom. The highest BCUT2D eigenvalue weighted by Gasteiger charge is 2.48. The largest absolute Gasteiger partial charge is 0.487 e. The Hall–Kier alpha value is -1.22. The molecule has 6 nitrogen and oxygen atoms in total. The molecule has 1 fully saturated rings. The van der Waals surface area contributed by atoms with Gasteiger partial charge in [0, 0.05) is 7.11 Å². The molecule has 0 bridgehead atoms. The average molecular weight is 342 g/mol. The molecule has 3 N–H and O–H groups in total. The molecule has 1 aromatic rings. The SMILES string of the molecule is COC1OC2COc3ccccc3OC2C(NC(N)=S)C1S. The van der Waals surface area contributed by atoms with Crippen molar-refractivity contribution in [3.05, 3.63) is 24.3 Å². The first-order valence-corrected chi connectivity index (χ1v) is 7.83. The van der Waals surface area contributed by atoms with E-state index >= 15 is 0 Å². The van der Waals surface area contributed by atoms with Crippen molar-refractivity contribution in [2.75, 3.05) is 13.7 Å². The van der Waals surface area contributed by atoms with Crippen LogP contribution < -0.4 is 20.5 Å². The third-order valence-electron chi connectivity index (χ3n) is 3.73. The van der Waals surface area contributed by atoms with E-state index in [1.165, 1.54) is 0 Å². The lowest BCUT2D eigenvalue weighted by atomic mass is 9.98. The van der Waals surface area contributed by atoms with E-state index in [9.17, 15) is 0 Å². The molecule has 0 saturated carbocycles. The van der Waals surface area contributed by atoms with Gasteiger partial charge >= 0.3 is 0 Å². The second-order valence-corrected chi connectivity index (χ2v) is 6.18. The van der Waals surface area contributed by atoms with Crippen LogP contribution in [0.25, 0.3) is 0 Å². The Morgan fingerprint density at radius 1 is 1.41 bits per heavy atom. The van der Waals surface area contributed by atoms with E-state index in [1.54, 1.807) is 7.11 Å². The number of thiol groups is 1. The Labute approximate surface area is 139 Å². The molecule has 0 aliphatic carbocycles. The molecule has 8 heteroatoms. The summed E-state index contributed by atoms with van der Waals surface area (Å²) < 4.78 is 23.1.